The monoisotopic (exact) mass is 232 g/mol. The van der Waals surface area contributed by atoms with Crippen LogP contribution in [-0.4, -0.2) is 9.97 Å². The Hall–Kier alpha value is -2.35. The average molecular weight is 232 g/mol. The number of aromatic nitrogens is 2. The van der Waals surface area contributed by atoms with E-state index in [4.69, 9.17) is 0 Å². The number of nitrogens with zero attached hydrogens (tertiary/aromatic N) is 1. The van der Waals surface area contributed by atoms with Crippen LogP contribution in [0.15, 0.2) is 48.8 Å². The van der Waals surface area contributed by atoms with Crippen molar-refractivity contribution in [2.24, 2.45) is 0 Å². The molecule has 2 heterocycles. The van der Waals surface area contributed by atoms with E-state index in [1.807, 2.05) is 18.5 Å². The fourth-order valence-corrected chi connectivity index (χ4v) is 2.60. The smallest absolute Gasteiger partial charge is 0.0471 e. The van der Waals surface area contributed by atoms with Crippen LogP contribution in [-0.2, 0) is 0 Å². The molecule has 0 atom stereocenters. The van der Waals surface area contributed by atoms with E-state index >= 15 is 0 Å². The maximum absolute atomic E-state index is 4.19. The first-order valence-corrected chi connectivity index (χ1v) is 6.07. The van der Waals surface area contributed by atoms with E-state index in [0.29, 0.717) is 0 Å². The highest BCUT2D eigenvalue weighted by atomic mass is 14.7. The molecule has 0 saturated carbocycles. The van der Waals surface area contributed by atoms with Gasteiger partial charge in [0.1, 0.15) is 0 Å². The molecule has 4 rings (SSSR count). The number of aromatic amines is 1. The lowest BCUT2D eigenvalue weighted by molar-refractivity contribution is 1.37. The number of hydrogen-bond donors (Lipinski definition) is 1. The van der Waals surface area contributed by atoms with Gasteiger partial charge in [-0.2, -0.15) is 0 Å². The first-order valence-electron chi connectivity index (χ1n) is 6.07. The highest BCUT2D eigenvalue weighted by Gasteiger charge is 2.05. The van der Waals surface area contributed by atoms with E-state index in [1.165, 1.54) is 38.1 Å². The lowest BCUT2D eigenvalue weighted by Crippen LogP contribution is -1.75. The number of rotatable bonds is 0. The minimum atomic E-state index is 1.19. The number of pyridine rings is 1. The van der Waals surface area contributed by atoms with Crippen molar-refractivity contribution in [2.75, 3.05) is 0 Å². The number of benzene rings is 2. The van der Waals surface area contributed by atoms with Crippen LogP contribution in [0.2, 0.25) is 0 Å². The molecule has 0 unspecified atom stereocenters. The summed E-state index contributed by atoms with van der Waals surface area (Å²) in [5.41, 5.74) is 3.67. The van der Waals surface area contributed by atoms with Crippen molar-refractivity contribution >= 4 is 32.6 Å². The summed E-state index contributed by atoms with van der Waals surface area (Å²) in [6.07, 6.45) is 3.75. The molecule has 2 heteroatoms. The van der Waals surface area contributed by atoms with Gasteiger partial charge in [0.05, 0.1) is 0 Å². The number of H-pyrrole nitrogens is 1. The van der Waals surface area contributed by atoms with E-state index in [2.05, 4.69) is 47.2 Å². The summed E-state index contributed by atoms with van der Waals surface area (Å²) >= 11 is 0. The molecule has 0 amide bonds. The molecular weight excluding hydrogens is 220 g/mol. The standard InChI is InChI=1S/C16H12N2/c1-10-2-3-15-13(6-10)14-7-12-9-17-5-4-11(12)8-16(14)18-15/h2-9,18H,1H3. The van der Waals surface area contributed by atoms with Gasteiger partial charge in [0.25, 0.3) is 0 Å². The predicted molar refractivity (Wildman–Crippen MR) is 75.8 cm³/mol. The molecule has 2 aromatic heterocycles. The normalized spacial score (nSPS) is 11.6. The van der Waals surface area contributed by atoms with Crippen LogP contribution in [0.1, 0.15) is 5.56 Å². The molecule has 86 valence electrons. The molecule has 0 radical (unpaired) electrons. The molecule has 0 spiro atoms. The third-order valence-corrected chi connectivity index (χ3v) is 3.51. The Morgan fingerprint density at radius 2 is 1.78 bits per heavy atom. The summed E-state index contributed by atoms with van der Waals surface area (Å²) in [6, 6.07) is 13.0. The van der Waals surface area contributed by atoms with Crippen LogP contribution in [0.25, 0.3) is 32.6 Å². The Balaban J connectivity index is 2.25. The molecule has 2 aromatic carbocycles. The van der Waals surface area contributed by atoms with Gasteiger partial charge >= 0.3 is 0 Å². The third-order valence-electron chi connectivity index (χ3n) is 3.51. The largest absolute Gasteiger partial charge is 0.354 e. The van der Waals surface area contributed by atoms with Crippen LogP contribution < -0.4 is 0 Å². The van der Waals surface area contributed by atoms with Crippen LogP contribution in [0.3, 0.4) is 0 Å². The summed E-state index contributed by atoms with van der Waals surface area (Å²) in [4.78, 5) is 7.67. The molecule has 18 heavy (non-hydrogen) atoms. The minimum Gasteiger partial charge on any atom is -0.354 e. The van der Waals surface area contributed by atoms with Gasteiger partial charge in [-0.3, -0.25) is 4.98 Å². The summed E-state index contributed by atoms with van der Waals surface area (Å²) in [6.45, 7) is 2.13. The zero-order valence-electron chi connectivity index (χ0n) is 10.1. The molecule has 0 aliphatic carbocycles. The van der Waals surface area contributed by atoms with Gasteiger partial charge in [-0.15, -0.1) is 0 Å². The first-order chi connectivity index (χ1) is 8.81. The first kappa shape index (κ1) is 9.66. The van der Waals surface area contributed by atoms with Crippen molar-refractivity contribution in [1.29, 1.82) is 0 Å². The quantitative estimate of drug-likeness (QED) is 0.484. The third kappa shape index (κ3) is 1.26. The predicted octanol–water partition coefficient (Wildman–Crippen LogP) is 4.18. The summed E-state index contributed by atoms with van der Waals surface area (Å²) in [5, 5.41) is 4.97. The average Bonchev–Trinajstić information content (AvgIpc) is 2.73. The topological polar surface area (TPSA) is 28.7 Å². The fraction of sp³-hybridized carbons (Fsp3) is 0.0625. The van der Waals surface area contributed by atoms with Crippen molar-refractivity contribution in [3.05, 3.63) is 54.4 Å². The Kier molecular flexibility index (Phi) is 1.78. The molecule has 0 bridgehead atoms. The second kappa shape index (κ2) is 3.33. The molecule has 0 aliphatic heterocycles. The summed E-state index contributed by atoms with van der Waals surface area (Å²) < 4.78 is 0. The zero-order valence-corrected chi connectivity index (χ0v) is 10.1. The second-order valence-electron chi connectivity index (χ2n) is 4.79. The molecule has 0 fully saturated rings. The lowest BCUT2D eigenvalue weighted by Gasteiger charge is -1.97. The molecular formula is C16H12N2. The summed E-state index contributed by atoms with van der Waals surface area (Å²) in [5.74, 6) is 0. The molecule has 1 N–H and O–H groups in total. The number of hydrogen-bond acceptors (Lipinski definition) is 1. The van der Waals surface area contributed by atoms with Crippen LogP contribution in [0.5, 0.6) is 0 Å². The highest BCUT2D eigenvalue weighted by Crippen LogP contribution is 2.29. The van der Waals surface area contributed by atoms with E-state index < -0.39 is 0 Å². The second-order valence-corrected chi connectivity index (χ2v) is 4.79. The van der Waals surface area contributed by atoms with Crippen LogP contribution >= 0.6 is 0 Å². The molecule has 0 saturated heterocycles. The van der Waals surface area contributed by atoms with Crippen molar-refractivity contribution in [3.63, 3.8) is 0 Å². The summed E-state index contributed by atoms with van der Waals surface area (Å²) in [7, 11) is 0. The number of aryl methyl sites for hydroxylation is 1. The van der Waals surface area contributed by atoms with E-state index in [9.17, 15) is 0 Å². The van der Waals surface area contributed by atoms with Gasteiger partial charge in [-0.25, -0.2) is 0 Å². The maximum atomic E-state index is 4.19. The van der Waals surface area contributed by atoms with Gasteiger partial charge in [0.2, 0.25) is 0 Å². The molecule has 2 nitrogen and oxygen atoms in total. The minimum absolute atomic E-state index is 1.19. The van der Waals surface area contributed by atoms with Gasteiger partial charge in [-0.1, -0.05) is 11.6 Å². The Bertz CT molecular complexity index is 887. The molecule has 4 aromatic rings. The maximum Gasteiger partial charge on any atom is 0.0471 e. The number of fused-ring (bicyclic) bond motifs is 4. The van der Waals surface area contributed by atoms with Crippen LogP contribution in [0, 0.1) is 6.92 Å². The van der Waals surface area contributed by atoms with Gasteiger partial charge in [0.15, 0.2) is 0 Å². The van der Waals surface area contributed by atoms with Crippen molar-refractivity contribution in [3.8, 4) is 0 Å². The Morgan fingerprint density at radius 3 is 2.72 bits per heavy atom. The van der Waals surface area contributed by atoms with E-state index in [1.54, 1.807) is 0 Å². The molecule has 0 aliphatic rings. The SMILES string of the molecule is Cc1ccc2[nH]c3cc4ccncc4cc3c2c1. The van der Waals surface area contributed by atoms with Gasteiger partial charge in [0, 0.05) is 39.6 Å². The Morgan fingerprint density at radius 1 is 0.889 bits per heavy atom. The van der Waals surface area contributed by atoms with E-state index in [0.717, 1.165) is 0 Å². The van der Waals surface area contributed by atoms with Crippen molar-refractivity contribution in [2.45, 2.75) is 6.92 Å². The number of nitrogens with one attached hydrogen (secondary N) is 1. The highest BCUT2D eigenvalue weighted by molar-refractivity contribution is 6.11. The fourth-order valence-electron chi connectivity index (χ4n) is 2.60. The lowest BCUT2D eigenvalue weighted by atomic mass is 10.1. The van der Waals surface area contributed by atoms with E-state index in [-0.39, 0.29) is 0 Å². The van der Waals surface area contributed by atoms with Crippen LogP contribution in [0.4, 0.5) is 0 Å². The van der Waals surface area contributed by atoms with Crippen molar-refractivity contribution < 1.29 is 0 Å². The van der Waals surface area contributed by atoms with Gasteiger partial charge in [-0.05, 0) is 42.6 Å². The van der Waals surface area contributed by atoms with Crippen molar-refractivity contribution in [1.82, 2.24) is 9.97 Å². The van der Waals surface area contributed by atoms with Gasteiger partial charge < -0.3 is 4.98 Å². The Labute approximate surface area is 104 Å². The zero-order chi connectivity index (χ0) is 12.1.